The van der Waals surface area contributed by atoms with Crippen molar-refractivity contribution in [2.24, 2.45) is 0 Å². The summed E-state index contributed by atoms with van der Waals surface area (Å²) in [6.45, 7) is 2.89. The predicted octanol–water partition coefficient (Wildman–Crippen LogP) is 3.81. The summed E-state index contributed by atoms with van der Waals surface area (Å²) < 4.78 is 7.52. The van der Waals surface area contributed by atoms with Gasteiger partial charge in [0.2, 0.25) is 0 Å². The van der Waals surface area contributed by atoms with Crippen molar-refractivity contribution in [1.82, 2.24) is 14.5 Å². The third-order valence-electron chi connectivity index (χ3n) is 4.05. The van der Waals surface area contributed by atoms with E-state index in [1.807, 2.05) is 24.5 Å². The van der Waals surface area contributed by atoms with Crippen LogP contribution in [0.5, 0.6) is 0 Å². The number of aromatic nitrogens is 2. The summed E-state index contributed by atoms with van der Waals surface area (Å²) in [4.78, 5) is 6.69. The predicted molar refractivity (Wildman–Crippen MR) is 87.6 cm³/mol. The van der Waals surface area contributed by atoms with Crippen molar-refractivity contribution in [3.8, 4) is 11.4 Å². The number of benzene rings is 1. The number of nitrogens with zero attached hydrogens (tertiary/aromatic N) is 3. The minimum absolute atomic E-state index is 0.400. The Kier molecular flexibility index (Phi) is 4.11. The first-order valence-electron chi connectivity index (χ1n) is 7.45. The van der Waals surface area contributed by atoms with E-state index in [1.54, 1.807) is 6.26 Å². The van der Waals surface area contributed by atoms with Crippen molar-refractivity contribution < 1.29 is 4.42 Å². The molecule has 0 aliphatic carbocycles. The summed E-state index contributed by atoms with van der Waals surface area (Å²) in [5.74, 6) is 1.89. The van der Waals surface area contributed by atoms with Crippen molar-refractivity contribution >= 4 is 0 Å². The van der Waals surface area contributed by atoms with Gasteiger partial charge in [0.25, 0.3) is 0 Å². The summed E-state index contributed by atoms with van der Waals surface area (Å²) in [7, 11) is 4.18. The molecule has 0 amide bonds. The topological polar surface area (TPSA) is 34.2 Å². The molecule has 0 radical (unpaired) electrons. The first-order valence-corrected chi connectivity index (χ1v) is 7.45. The fraction of sp³-hybridized carbons (Fsp3) is 0.278. The van der Waals surface area contributed by atoms with Gasteiger partial charge in [-0.2, -0.15) is 0 Å². The molecule has 4 nitrogen and oxygen atoms in total. The van der Waals surface area contributed by atoms with Crippen LogP contribution in [0.2, 0.25) is 0 Å². The van der Waals surface area contributed by atoms with Crippen LogP contribution in [0.3, 0.4) is 0 Å². The summed E-state index contributed by atoms with van der Waals surface area (Å²) in [5.41, 5.74) is 2.42. The Morgan fingerprint density at radius 3 is 2.59 bits per heavy atom. The molecule has 0 spiro atoms. The SMILES string of the molecule is C[C@H](c1ccc(-c2nccn2Cc2ccco2)cc1)N(C)C. The molecule has 0 N–H and O–H groups in total. The van der Waals surface area contributed by atoms with Gasteiger partial charge in [-0.1, -0.05) is 24.3 Å². The molecule has 4 heteroatoms. The number of hydrogen-bond acceptors (Lipinski definition) is 3. The van der Waals surface area contributed by atoms with Crippen molar-refractivity contribution in [2.75, 3.05) is 14.1 Å². The molecule has 114 valence electrons. The van der Waals surface area contributed by atoms with E-state index < -0.39 is 0 Å². The monoisotopic (exact) mass is 295 g/mol. The van der Waals surface area contributed by atoms with Gasteiger partial charge in [0.05, 0.1) is 12.8 Å². The van der Waals surface area contributed by atoms with Gasteiger partial charge in [-0.15, -0.1) is 0 Å². The molecular formula is C18H21N3O. The molecule has 1 atom stereocenters. The Hall–Kier alpha value is -2.33. The van der Waals surface area contributed by atoms with Crippen LogP contribution in [0.4, 0.5) is 0 Å². The fourth-order valence-corrected chi connectivity index (χ4v) is 2.48. The van der Waals surface area contributed by atoms with Crippen LogP contribution in [-0.2, 0) is 6.54 Å². The van der Waals surface area contributed by atoms with Crippen LogP contribution in [0.15, 0.2) is 59.5 Å². The smallest absolute Gasteiger partial charge is 0.140 e. The van der Waals surface area contributed by atoms with Gasteiger partial charge in [-0.05, 0) is 38.7 Å². The van der Waals surface area contributed by atoms with E-state index in [0.29, 0.717) is 12.6 Å². The second kappa shape index (κ2) is 6.20. The summed E-state index contributed by atoms with van der Waals surface area (Å²) in [6.07, 6.45) is 5.51. The Bertz CT molecular complexity index is 711. The van der Waals surface area contributed by atoms with E-state index in [9.17, 15) is 0 Å². The molecule has 2 heterocycles. The molecule has 0 unspecified atom stereocenters. The second-order valence-electron chi connectivity index (χ2n) is 5.72. The highest BCUT2D eigenvalue weighted by atomic mass is 16.3. The maximum atomic E-state index is 5.42. The molecule has 1 aromatic carbocycles. The van der Waals surface area contributed by atoms with Crippen molar-refractivity contribution in [1.29, 1.82) is 0 Å². The summed E-state index contributed by atoms with van der Waals surface area (Å²) in [6, 6.07) is 12.9. The number of imidazole rings is 1. The van der Waals surface area contributed by atoms with Crippen LogP contribution in [-0.4, -0.2) is 28.5 Å². The lowest BCUT2D eigenvalue weighted by atomic mass is 10.1. The Morgan fingerprint density at radius 2 is 1.95 bits per heavy atom. The molecule has 2 aromatic heterocycles. The fourth-order valence-electron chi connectivity index (χ4n) is 2.48. The van der Waals surface area contributed by atoms with Gasteiger partial charge in [-0.3, -0.25) is 0 Å². The van der Waals surface area contributed by atoms with Crippen LogP contribution >= 0.6 is 0 Å². The molecular weight excluding hydrogens is 274 g/mol. The average molecular weight is 295 g/mol. The normalized spacial score (nSPS) is 12.7. The van der Waals surface area contributed by atoms with E-state index in [0.717, 1.165) is 17.1 Å². The minimum atomic E-state index is 0.400. The lowest BCUT2D eigenvalue weighted by Gasteiger charge is -2.20. The molecule has 3 rings (SSSR count). The van der Waals surface area contributed by atoms with E-state index in [4.69, 9.17) is 4.42 Å². The van der Waals surface area contributed by atoms with Crippen molar-refractivity contribution in [2.45, 2.75) is 19.5 Å². The molecule has 0 saturated heterocycles. The van der Waals surface area contributed by atoms with Crippen LogP contribution < -0.4 is 0 Å². The molecule has 22 heavy (non-hydrogen) atoms. The lowest BCUT2D eigenvalue weighted by Crippen LogP contribution is -2.16. The second-order valence-corrected chi connectivity index (χ2v) is 5.72. The van der Waals surface area contributed by atoms with Gasteiger partial charge in [0, 0.05) is 24.0 Å². The molecule has 0 fully saturated rings. The van der Waals surface area contributed by atoms with Crippen molar-refractivity contribution in [3.63, 3.8) is 0 Å². The number of hydrogen-bond donors (Lipinski definition) is 0. The zero-order valence-corrected chi connectivity index (χ0v) is 13.2. The van der Waals surface area contributed by atoms with Gasteiger partial charge in [-0.25, -0.2) is 4.98 Å². The number of rotatable bonds is 5. The zero-order chi connectivity index (χ0) is 15.5. The summed E-state index contributed by atoms with van der Waals surface area (Å²) in [5, 5.41) is 0. The van der Waals surface area contributed by atoms with E-state index in [1.165, 1.54) is 5.56 Å². The Morgan fingerprint density at radius 1 is 1.18 bits per heavy atom. The van der Waals surface area contributed by atoms with E-state index >= 15 is 0 Å². The van der Waals surface area contributed by atoms with Gasteiger partial charge < -0.3 is 13.9 Å². The molecule has 3 aromatic rings. The average Bonchev–Trinajstić information content (AvgIpc) is 3.19. The maximum Gasteiger partial charge on any atom is 0.140 e. The highest BCUT2D eigenvalue weighted by molar-refractivity contribution is 5.56. The molecule has 0 bridgehead atoms. The van der Waals surface area contributed by atoms with Crippen LogP contribution in [0, 0.1) is 0 Å². The van der Waals surface area contributed by atoms with E-state index in [2.05, 4.69) is 59.7 Å². The Balaban J connectivity index is 1.84. The van der Waals surface area contributed by atoms with Gasteiger partial charge in [0.15, 0.2) is 0 Å². The van der Waals surface area contributed by atoms with Crippen molar-refractivity contribution in [3.05, 3.63) is 66.4 Å². The molecule has 0 aliphatic heterocycles. The third kappa shape index (κ3) is 2.97. The van der Waals surface area contributed by atoms with Crippen LogP contribution in [0.25, 0.3) is 11.4 Å². The largest absolute Gasteiger partial charge is 0.467 e. The number of furan rings is 1. The molecule has 0 saturated carbocycles. The first kappa shape index (κ1) is 14.6. The van der Waals surface area contributed by atoms with Gasteiger partial charge in [0.1, 0.15) is 11.6 Å². The maximum absolute atomic E-state index is 5.42. The first-order chi connectivity index (χ1) is 10.6. The zero-order valence-electron chi connectivity index (χ0n) is 13.2. The Labute approximate surface area is 131 Å². The highest BCUT2D eigenvalue weighted by Gasteiger charge is 2.10. The highest BCUT2D eigenvalue weighted by Crippen LogP contribution is 2.23. The van der Waals surface area contributed by atoms with Crippen LogP contribution in [0.1, 0.15) is 24.3 Å². The van der Waals surface area contributed by atoms with Gasteiger partial charge >= 0.3 is 0 Å². The minimum Gasteiger partial charge on any atom is -0.467 e. The summed E-state index contributed by atoms with van der Waals surface area (Å²) >= 11 is 0. The standard InChI is InChI=1S/C18H21N3O/c1-14(20(2)3)15-6-8-16(9-7-15)18-19-10-11-21(18)13-17-5-4-12-22-17/h4-12,14H,13H2,1-3H3/t14-/m1/s1. The third-order valence-corrected chi connectivity index (χ3v) is 4.05. The lowest BCUT2D eigenvalue weighted by molar-refractivity contribution is 0.321. The van der Waals surface area contributed by atoms with E-state index in [-0.39, 0.29) is 0 Å². The molecule has 0 aliphatic rings. The quantitative estimate of drug-likeness (QED) is 0.717.